The first kappa shape index (κ1) is 22.2. The number of sulfonamides is 1. The van der Waals surface area contributed by atoms with Gasteiger partial charge >= 0.3 is 0 Å². The lowest BCUT2D eigenvalue weighted by Gasteiger charge is -2.60. The summed E-state index contributed by atoms with van der Waals surface area (Å²) in [6.07, 6.45) is 5.87. The number of hydrogen-bond donors (Lipinski definition) is 4. The molecule has 0 saturated heterocycles. The second kappa shape index (κ2) is 6.98. The van der Waals surface area contributed by atoms with E-state index >= 15 is 4.39 Å². The van der Waals surface area contributed by atoms with Crippen molar-refractivity contribution in [3.63, 3.8) is 0 Å². The molecule has 0 heterocycles. The minimum atomic E-state index is -3.52. The molecular formula is C21H34FN3O4S. The molecule has 7 nitrogen and oxygen atoms in total. The fourth-order valence-corrected chi connectivity index (χ4v) is 7.56. The van der Waals surface area contributed by atoms with Crippen LogP contribution in [-0.2, 0) is 10.0 Å². The Hall–Kier alpha value is -1.03. The third-order valence-corrected chi connectivity index (χ3v) is 9.42. The summed E-state index contributed by atoms with van der Waals surface area (Å²) in [4.78, 5) is 2.14. The van der Waals surface area contributed by atoms with Crippen LogP contribution < -0.4 is 10.3 Å². The average molecular weight is 444 g/mol. The molecule has 1 unspecified atom stereocenters. The van der Waals surface area contributed by atoms with Crippen molar-refractivity contribution in [2.75, 3.05) is 6.26 Å². The molecular weight excluding hydrogens is 409 g/mol. The number of hydrogen-bond acceptors (Lipinski definition) is 6. The van der Waals surface area contributed by atoms with Crippen LogP contribution in [0.3, 0.4) is 0 Å². The third-order valence-electron chi connectivity index (χ3n) is 9.00. The van der Waals surface area contributed by atoms with E-state index in [2.05, 4.69) is 29.3 Å². The summed E-state index contributed by atoms with van der Waals surface area (Å²) in [5.41, 5.74) is 2.02. The maximum atomic E-state index is 15.9. The Bertz CT molecular complexity index is 889. The van der Waals surface area contributed by atoms with Crippen LogP contribution in [0.1, 0.15) is 59.3 Å². The first-order valence-electron chi connectivity index (χ1n) is 10.8. The van der Waals surface area contributed by atoms with E-state index in [9.17, 15) is 18.7 Å². The van der Waals surface area contributed by atoms with Gasteiger partial charge in [0.25, 0.3) is 0 Å². The molecule has 0 radical (unpaired) electrons. The molecule has 0 bridgehead atoms. The SMILES string of the molecule is C[C@]12CC(NO)C(=NNS(C)(=O)=O)C=C1CC[C@@H]1[C@@H]2[C@@H](F)C[C@@]2(C)[C@H]1CC[C@]2(C)O. The van der Waals surface area contributed by atoms with Gasteiger partial charge in [-0.2, -0.15) is 10.6 Å². The quantitative estimate of drug-likeness (QED) is 0.501. The Kier molecular flexibility index (Phi) is 5.16. The summed E-state index contributed by atoms with van der Waals surface area (Å²) in [7, 11) is -3.52. The fraction of sp³-hybridized carbons (Fsp3) is 0.857. The molecule has 30 heavy (non-hydrogen) atoms. The van der Waals surface area contributed by atoms with Gasteiger partial charge in [-0.3, -0.25) is 0 Å². The van der Waals surface area contributed by atoms with Crippen LogP contribution in [0.5, 0.6) is 0 Å². The van der Waals surface area contributed by atoms with Gasteiger partial charge in [-0.25, -0.2) is 17.6 Å². The molecule has 4 aliphatic rings. The lowest BCUT2D eigenvalue weighted by Crippen LogP contribution is -2.59. The minimum absolute atomic E-state index is 0.182. The number of aliphatic hydroxyl groups is 1. The highest BCUT2D eigenvalue weighted by Gasteiger charge is 2.65. The zero-order valence-electron chi connectivity index (χ0n) is 18.2. The van der Waals surface area contributed by atoms with Crippen LogP contribution >= 0.6 is 0 Å². The van der Waals surface area contributed by atoms with Crippen LogP contribution in [0, 0.1) is 28.6 Å². The van der Waals surface area contributed by atoms with E-state index in [1.165, 1.54) is 0 Å². The van der Waals surface area contributed by atoms with Gasteiger partial charge in [-0.15, -0.1) is 0 Å². The highest BCUT2D eigenvalue weighted by atomic mass is 32.2. The number of nitrogens with one attached hydrogen (secondary N) is 2. The van der Waals surface area contributed by atoms with Crippen molar-refractivity contribution in [3.05, 3.63) is 11.6 Å². The second-order valence-electron chi connectivity index (χ2n) is 10.7. The van der Waals surface area contributed by atoms with Gasteiger partial charge in [-0.1, -0.05) is 19.4 Å². The number of nitrogens with zero attached hydrogens (tertiary/aromatic N) is 1. The predicted octanol–water partition coefficient (Wildman–Crippen LogP) is 2.51. The maximum Gasteiger partial charge on any atom is 0.244 e. The van der Waals surface area contributed by atoms with Gasteiger partial charge < -0.3 is 10.3 Å². The fourth-order valence-electron chi connectivity index (χ4n) is 7.29. The summed E-state index contributed by atoms with van der Waals surface area (Å²) in [5.74, 6) is 0.275. The Morgan fingerprint density at radius 3 is 2.57 bits per heavy atom. The number of rotatable bonds is 3. The third kappa shape index (κ3) is 3.24. The van der Waals surface area contributed by atoms with Crippen molar-refractivity contribution < 1.29 is 23.1 Å². The standard InChI is InChI=1S/C21H34FN3O4S/c1-19-11-17(24-27)16(23-25-30(4,28)29)9-12(19)5-6-13-14-7-8-21(3,26)20(14,2)10-15(22)18(13)19/h9,13-15,17-18,24-27H,5-8,10-11H2,1-4H3/t13-,14-,15-,17?,18+,19-,20-,21-/m0/s1. The summed E-state index contributed by atoms with van der Waals surface area (Å²) >= 11 is 0. The van der Waals surface area contributed by atoms with Crippen LogP contribution in [0.15, 0.2) is 16.8 Å². The summed E-state index contributed by atoms with van der Waals surface area (Å²) in [5, 5.41) is 24.7. The highest BCUT2D eigenvalue weighted by molar-refractivity contribution is 7.88. The van der Waals surface area contributed by atoms with Gasteiger partial charge in [0, 0.05) is 11.3 Å². The molecule has 8 atom stereocenters. The van der Waals surface area contributed by atoms with E-state index in [0.717, 1.165) is 31.1 Å². The molecule has 0 aromatic heterocycles. The highest BCUT2D eigenvalue weighted by Crippen LogP contribution is 2.67. The first-order chi connectivity index (χ1) is 13.8. The molecule has 9 heteroatoms. The van der Waals surface area contributed by atoms with E-state index in [-0.39, 0.29) is 17.8 Å². The van der Waals surface area contributed by atoms with E-state index in [0.29, 0.717) is 25.0 Å². The zero-order chi connectivity index (χ0) is 22.1. The molecule has 0 aromatic rings. The smallest absolute Gasteiger partial charge is 0.244 e. The van der Waals surface area contributed by atoms with E-state index in [4.69, 9.17) is 0 Å². The Morgan fingerprint density at radius 1 is 1.23 bits per heavy atom. The number of fused-ring (bicyclic) bond motifs is 5. The van der Waals surface area contributed by atoms with Crippen molar-refractivity contribution in [3.8, 4) is 0 Å². The molecule has 0 aromatic carbocycles. The Labute approximate surface area is 178 Å². The van der Waals surface area contributed by atoms with Crippen LogP contribution in [-0.4, -0.2) is 48.5 Å². The number of allylic oxidation sites excluding steroid dienone is 1. The molecule has 170 valence electrons. The lowest BCUT2D eigenvalue weighted by atomic mass is 9.45. The van der Waals surface area contributed by atoms with Crippen molar-refractivity contribution >= 4 is 15.7 Å². The van der Waals surface area contributed by atoms with Crippen molar-refractivity contribution in [1.29, 1.82) is 0 Å². The molecule has 0 spiro atoms. The maximum absolute atomic E-state index is 15.9. The monoisotopic (exact) mass is 443 g/mol. The van der Waals surface area contributed by atoms with Gasteiger partial charge in [-0.05, 0) is 68.8 Å². The number of alkyl halides is 1. The number of hydroxylamine groups is 1. The van der Waals surface area contributed by atoms with Gasteiger partial charge in [0.05, 0.1) is 23.6 Å². The molecule has 3 saturated carbocycles. The number of halogens is 1. The molecule has 4 N–H and O–H groups in total. The van der Waals surface area contributed by atoms with Crippen molar-refractivity contribution in [2.24, 2.45) is 33.7 Å². The molecule has 4 aliphatic carbocycles. The van der Waals surface area contributed by atoms with Crippen molar-refractivity contribution in [1.82, 2.24) is 10.3 Å². The predicted molar refractivity (Wildman–Crippen MR) is 112 cm³/mol. The van der Waals surface area contributed by atoms with E-state index in [1.807, 2.05) is 13.0 Å². The molecule has 4 rings (SSSR count). The second-order valence-corrected chi connectivity index (χ2v) is 12.4. The average Bonchev–Trinajstić information content (AvgIpc) is 2.87. The Balaban J connectivity index is 1.71. The van der Waals surface area contributed by atoms with Gasteiger partial charge in [0.15, 0.2) is 0 Å². The zero-order valence-corrected chi connectivity index (χ0v) is 19.0. The molecule has 3 fully saturated rings. The molecule has 0 amide bonds. The van der Waals surface area contributed by atoms with Crippen LogP contribution in [0.25, 0.3) is 0 Å². The van der Waals surface area contributed by atoms with Gasteiger partial charge in [0.1, 0.15) is 6.17 Å². The summed E-state index contributed by atoms with van der Waals surface area (Å²) in [6.45, 7) is 5.99. The first-order valence-corrected chi connectivity index (χ1v) is 12.7. The largest absolute Gasteiger partial charge is 0.390 e. The lowest BCUT2D eigenvalue weighted by molar-refractivity contribution is -0.147. The minimum Gasteiger partial charge on any atom is -0.390 e. The van der Waals surface area contributed by atoms with Crippen molar-refractivity contribution in [2.45, 2.75) is 77.1 Å². The van der Waals surface area contributed by atoms with E-state index in [1.54, 1.807) is 0 Å². The summed E-state index contributed by atoms with van der Waals surface area (Å²) < 4.78 is 38.7. The van der Waals surface area contributed by atoms with Crippen LogP contribution in [0.4, 0.5) is 4.39 Å². The normalized spacial score (nSPS) is 49.8. The summed E-state index contributed by atoms with van der Waals surface area (Å²) in [6, 6.07) is -0.584. The Morgan fingerprint density at radius 2 is 1.93 bits per heavy atom. The van der Waals surface area contributed by atoms with Crippen LogP contribution in [0.2, 0.25) is 0 Å². The topological polar surface area (TPSA) is 111 Å². The molecule has 0 aliphatic heterocycles. The number of hydrazone groups is 1. The van der Waals surface area contributed by atoms with Gasteiger partial charge in [0.2, 0.25) is 10.0 Å². The van der Waals surface area contributed by atoms with E-state index < -0.39 is 38.7 Å².